The van der Waals surface area contributed by atoms with E-state index < -0.39 is 0 Å². The van der Waals surface area contributed by atoms with Gasteiger partial charge in [0, 0.05) is 19.3 Å². The van der Waals surface area contributed by atoms with E-state index in [1.807, 2.05) is 19.9 Å². The van der Waals surface area contributed by atoms with E-state index in [-0.39, 0.29) is 18.4 Å². The van der Waals surface area contributed by atoms with Crippen LogP contribution in [0.2, 0.25) is 0 Å². The number of nitrogens with one attached hydrogen (secondary N) is 1. The van der Waals surface area contributed by atoms with Crippen LogP contribution in [0, 0.1) is 0 Å². The molecule has 0 bridgehead atoms. The van der Waals surface area contributed by atoms with Crippen molar-refractivity contribution < 1.29 is 9.59 Å². The van der Waals surface area contributed by atoms with Crippen molar-refractivity contribution in [2.75, 3.05) is 25.4 Å². The van der Waals surface area contributed by atoms with Gasteiger partial charge < -0.3 is 16.0 Å². The molecule has 0 saturated heterocycles. The molecule has 0 atom stereocenters. The Morgan fingerprint density at radius 2 is 2.19 bits per heavy atom. The van der Waals surface area contributed by atoms with E-state index in [4.69, 9.17) is 5.73 Å². The lowest BCUT2D eigenvalue weighted by molar-refractivity contribution is -0.121. The minimum absolute atomic E-state index is 0.0320. The van der Waals surface area contributed by atoms with Crippen LogP contribution in [0.15, 0.2) is 18.3 Å². The molecule has 0 aromatic carbocycles. The summed E-state index contributed by atoms with van der Waals surface area (Å²) in [6.07, 6.45) is 1.64. The van der Waals surface area contributed by atoms with Crippen molar-refractivity contribution in [1.82, 2.24) is 15.2 Å². The Balaban J connectivity index is 2.27. The van der Waals surface area contributed by atoms with Gasteiger partial charge in [0.2, 0.25) is 5.91 Å². The summed E-state index contributed by atoms with van der Waals surface area (Å²) in [5.74, 6) is -0.408. The quantitative estimate of drug-likeness (QED) is 0.875. The molecule has 6 nitrogen and oxygen atoms in total. The third-order valence-corrected chi connectivity index (χ3v) is 4.20. The van der Waals surface area contributed by atoms with Crippen LogP contribution in [0.5, 0.6) is 0 Å². The summed E-state index contributed by atoms with van der Waals surface area (Å²) in [4.78, 5) is 30.3. The Morgan fingerprint density at radius 3 is 2.81 bits per heavy atom. The van der Waals surface area contributed by atoms with E-state index in [0.29, 0.717) is 29.2 Å². The number of carbonyl (C=O) groups excluding carboxylic acids is 2. The van der Waals surface area contributed by atoms with Crippen LogP contribution in [-0.4, -0.2) is 41.3 Å². The fourth-order valence-electron chi connectivity index (χ4n) is 2.00. The molecule has 2 aromatic heterocycles. The van der Waals surface area contributed by atoms with Gasteiger partial charge in [0.25, 0.3) is 5.91 Å². The third kappa shape index (κ3) is 3.13. The molecule has 112 valence electrons. The summed E-state index contributed by atoms with van der Waals surface area (Å²) < 4.78 is 0.868. The van der Waals surface area contributed by atoms with Gasteiger partial charge in [-0.25, -0.2) is 0 Å². The summed E-state index contributed by atoms with van der Waals surface area (Å²) in [6.45, 7) is 4.69. The van der Waals surface area contributed by atoms with Gasteiger partial charge in [-0.3, -0.25) is 14.6 Å². The number of nitrogen functional groups attached to an aromatic ring is 1. The number of likely N-dealkylation sites (N-methyl/N-ethyl adjacent to an activating group) is 2. The van der Waals surface area contributed by atoms with E-state index in [1.54, 1.807) is 12.3 Å². The van der Waals surface area contributed by atoms with E-state index in [2.05, 4.69) is 10.3 Å². The fraction of sp³-hybridized carbons (Fsp3) is 0.357. The molecule has 0 aliphatic rings. The second kappa shape index (κ2) is 6.53. The Morgan fingerprint density at radius 1 is 1.43 bits per heavy atom. The smallest absolute Gasteiger partial charge is 0.266 e. The number of aromatic nitrogens is 1. The van der Waals surface area contributed by atoms with Crippen LogP contribution in [0.25, 0.3) is 10.2 Å². The summed E-state index contributed by atoms with van der Waals surface area (Å²) in [5, 5.41) is 2.68. The average Bonchev–Trinajstić information content (AvgIpc) is 2.82. The van der Waals surface area contributed by atoms with Crippen LogP contribution < -0.4 is 11.1 Å². The highest BCUT2D eigenvalue weighted by Crippen LogP contribution is 2.32. The number of hydrogen-bond donors (Lipinski definition) is 2. The zero-order valence-corrected chi connectivity index (χ0v) is 12.9. The normalized spacial score (nSPS) is 10.6. The fourth-order valence-corrected chi connectivity index (χ4v) is 3.05. The predicted octanol–water partition coefficient (Wildman–Crippen LogP) is 1.48. The molecular weight excluding hydrogens is 288 g/mol. The number of nitrogens with two attached hydrogens (primary N) is 1. The molecule has 0 radical (unpaired) electrons. The molecule has 0 fully saturated rings. The zero-order valence-electron chi connectivity index (χ0n) is 12.0. The maximum atomic E-state index is 12.6. The van der Waals surface area contributed by atoms with Gasteiger partial charge >= 0.3 is 0 Å². The Hall–Kier alpha value is -2.15. The Kier molecular flexibility index (Phi) is 4.74. The Bertz CT molecular complexity index is 668. The molecule has 3 N–H and O–H groups in total. The first-order valence-corrected chi connectivity index (χ1v) is 7.59. The number of hydrogen-bond acceptors (Lipinski definition) is 5. The van der Waals surface area contributed by atoms with Gasteiger partial charge in [0.1, 0.15) is 10.4 Å². The molecule has 21 heavy (non-hydrogen) atoms. The lowest BCUT2D eigenvalue weighted by Crippen LogP contribution is -2.40. The topological polar surface area (TPSA) is 88.3 Å². The number of nitrogens with zero attached hydrogens (tertiary/aromatic N) is 2. The zero-order chi connectivity index (χ0) is 15.4. The lowest BCUT2D eigenvalue weighted by Gasteiger charge is -2.19. The van der Waals surface area contributed by atoms with Gasteiger partial charge in [-0.1, -0.05) is 0 Å². The van der Waals surface area contributed by atoms with Gasteiger partial charge in [-0.05, 0) is 26.0 Å². The predicted molar refractivity (Wildman–Crippen MR) is 84.3 cm³/mol. The van der Waals surface area contributed by atoms with Crippen LogP contribution >= 0.6 is 11.3 Å². The molecule has 2 aromatic rings. The maximum Gasteiger partial charge on any atom is 0.266 e. The van der Waals surface area contributed by atoms with Gasteiger partial charge in [0.15, 0.2) is 0 Å². The van der Waals surface area contributed by atoms with Crippen LogP contribution in [0.3, 0.4) is 0 Å². The van der Waals surface area contributed by atoms with Crippen molar-refractivity contribution in [3.8, 4) is 0 Å². The minimum Gasteiger partial charge on any atom is -0.396 e. The SMILES string of the molecule is CCNC(=O)CN(CC)C(=O)c1sc2cccnc2c1N. The molecule has 0 aliphatic carbocycles. The monoisotopic (exact) mass is 306 g/mol. The second-order valence-corrected chi connectivity index (χ2v) is 5.52. The first-order chi connectivity index (χ1) is 10.1. The lowest BCUT2D eigenvalue weighted by atomic mass is 10.3. The average molecular weight is 306 g/mol. The standard InChI is InChI=1S/C14H18N4O2S/c1-3-16-10(19)8-18(4-2)14(20)13-11(15)12-9(21-13)6-5-7-17-12/h5-7H,3-4,8,15H2,1-2H3,(H,16,19). The largest absolute Gasteiger partial charge is 0.396 e. The number of thiophene rings is 1. The van der Waals surface area contributed by atoms with Gasteiger partial charge in [-0.15, -0.1) is 11.3 Å². The van der Waals surface area contributed by atoms with Crippen LogP contribution in [0.4, 0.5) is 5.69 Å². The van der Waals surface area contributed by atoms with E-state index >= 15 is 0 Å². The second-order valence-electron chi connectivity index (χ2n) is 4.47. The highest BCUT2D eigenvalue weighted by atomic mass is 32.1. The Labute approximate surface area is 127 Å². The molecule has 0 spiro atoms. The molecule has 0 aliphatic heterocycles. The van der Waals surface area contributed by atoms with Crippen molar-refractivity contribution >= 4 is 39.1 Å². The molecule has 0 unspecified atom stereocenters. The van der Waals surface area contributed by atoms with Crippen molar-refractivity contribution in [1.29, 1.82) is 0 Å². The number of pyridine rings is 1. The molecule has 2 amide bonds. The number of amides is 2. The van der Waals surface area contributed by atoms with Gasteiger partial charge in [0.05, 0.1) is 16.9 Å². The van der Waals surface area contributed by atoms with Crippen molar-refractivity contribution in [3.05, 3.63) is 23.2 Å². The number of fused-ring (bicyclic) bond motifs is 1. The summed E-state index contributed by atoms with van der Waals surface area (Å²) in [5.41, 5.74) is 7.04. The van der Waals surface area contributed by atoms with Crippen molar-refractivity contribution in [2.45, 2.75) is 13.8 Å². The molecule has 7 heteroatoms. The van der Waals surface area contributed by atoms with E-state index in [9.17, 15) is 9.59 Å². The molecule has 2 heterocycles. The summed E-state index contributed by atoms with van der Waals surface area (Å²) >= 11 is 1.31. The number of rotatable bonds is 5. The first kappa shape index (κ1) is 15.2. The molecule has 0 saturated carbocycles. The minimum atomic E-state index is -0.232. The maximum absolute atomic E-state index is 12.6. The molecule has 2 rings (SSSR count). The first-order valence-electron chi connectivity index (χ1n) is 6.77. The van der Waals surface area contributed by atoms with Crippen LogP contribution in [0.1, 0.15) is 23.5 Å². The highest BCUT2D eigenvalue weighted by molar-refractivity contribution is 7.21. The van der Waals surface area contributed by atoms with Gasteiger partial charge in [-0.2, -0.15) is 0 Å². The number of carbonyl (C=O) groups is 2. The van der Waals surface area contributed by atoms with Crippen LogP contribution in [-0.2, 0) is 4.79 Å². The van der Waals surface area contributed by atoms with Crippen molar-refractivity contribution in [2.24, 2.45) is 0 Å². The van der Waals surface area contributed by atoms with E-state index in [0.717, 1.165) is 4.70 Å². The highest BCUT2D eigenvalue weighted by Gasteiger charge is 2.23. The molecular formula is C14H18N4O2S. The summed E-state index contributed by atoms with van der Waals surface area (Å²) in [6, 6.07) is 3.68. The number of anilines is 1. The summed E-state index contributed by atoms with van der Waals surface area (Å²) in [7, 11) is 0. The van der Waals surface area contributed by atoms with Crippen molar-refractivity contribution in [3.63, 3.8) is 0 Å². The third-order valence-electron chi connectivity index (χ3n) is 3.05. The van der Waals surface area contributed by atoms with E-state index in [1.165, 1.54) is 16.2 Å².